The monoisotopic (exact) mass is 365 g/mol. The fourth-order valence-corrected chi connectivity index (χ4v) is 1.79. The van der Waals surface area contributed by atoms with Crippen LogP contribution < -0.4 is 10.1 Å². The number of carbonyl (C=O) groups excluding carboxylic acids is 1. The molecule has 2 aromatic carbocycles. The number of ether oxygens (including phenoxy) is 1. The molecular weight excluding hydrogens is 357 g/mol. The number of rotatable bonds is 4. The molecule has 2 rings (SSSR count). The summed E-state index contributed by atoms with van der Waals surface area (Å²) < 4.78 is 69.3. The molecule has 0 bridgehead atoms. The molecule has 0 aliphatic carbocycles. The standard InChI is InChI=1S/C15H9ClF5NO2/c16-10-4-6-11(7-5-10)22-13(23)15(20,21)24-12-3-1-2-9(8-12)14(17,18)19/h1-8H,(H,22,23). The maximum absolute atomic E-state index is 13.8. The molecule has 0 fully saturated rings. The lowest BCUT2D eigenvalue weighted by Gasteiger charge is -2.18. The molecule has 1 amide bonds. The number of hydrogen-bond donors (Lipinski definition) is 1. The lowest BCUT2D eigenvalue weighted by Crippen LogP contribution is -2.40. The number of amides is 1. The van der Waals surface area contributed by atoms with Crippen LogP contribution in [0.3, 0.4) is 0 Å². The summed E-state index contributed by atoms with van der Waals surface area (Å²) in [6.07, 6.45) is -9.09. The molecule has 0 aliphatic heterocycles. The van der Waals surface area contributed by atoms with E-state index >= 15 is 0 Å². The summed E-state index contributed by atoms with van der Waals surface area (Å²) in [5.74, 6) is -2.62. The van der Waals surface area contributed by atoms with E-state index in [0.29, 0.717) is 17.2 Å². The molecule has 3 nitrogen and oxygen atoms in total. The van der Waals surface area contributed by atoms with Crippen molar-refractivity contribution in [2.24, 2.45) is 0 Å². The third kappa shape index (κ3) is 4.58. The minimum absolute atomic E-state index is 0.0247. The fraction of sp³-hybridized carbons (Fsp3) is 0.133. The molecule has 0 saturated carbocycles. The van der Waals surface area contributed by atoms with Crippen LogP contribution in [0.4, 0.5) is 27.6 Å². The Labute approximate surface area is 138 Å². The smallest absolute Gasteiger partial charge is 0.425 e. The average molecular weight is 366 g/mol. The number of alkyl halides is 5. The second-order valence-corrected chi connectivity index (χ2v) is 5.04. The quantitative estimate of drug-likeness (QED) is 0.777. The van der Waals surface area contributed by atoms with Crippen LogP contribution in [0.25, 0.3) is 0 Å². The Kier molecular flexibility index (Phi) is 4.98. The maximum atomic E-state index is 13.8. The number of carbonyl (C=O) groups is 1. The van der Waals surface area contributed by atoms with E-state index in [1.807, 2.05) is 5.32 Å². The Morgan fingerprint density at radius 2 is 1.62 bits per heavy atom. The fourth-order valence-electron chi connectivity index (χ4n) is 1.67. The summed E-state index contributed by atoms with van der Waals surface area (Å²) in [6.45, 7) is 0. The van der Waals surface area contributed by atoms with Gasteiger partial charge in [-0.3, -0.25) is 4.79 Å². The van der Waals surface area contributed by atoms with E-state index in [1.165, 1.54) is 24.3 Å². The van der Waals surface area contributed by atoms with Crippen LogP contribution in [0.5, 0.6) is 5.75 Å². The van der Waals surface area contributed by atoms with E-state index < -0.39 is 29.5 Å². The number of nitrogens with one attached hydrogen (secondary N) is 1. The van der Waals surface area contributed by atoms with Crippen molar-refractivity contribution < 1.29 is 31.5 Å². The van der Waals surface area contributed by atoms with Gasteiger partial charge in [0.15, 0.2) is 0 Å². The highest BCUT2D eigenvalue weighted by Gasteiger charge is 2.42. The highest BCUT2D eigenvalue weighted by Crippen LogP contribution is 2.33. The van der Waals surface area contributed by atoms with Crippen LogP contribution in [0.2, 0.25) is 5.02 Å². The summed E-state index contributed by atoms with van der Waals surface area (Å²) in [4.78, 5) is 11.6. The molecule has 0 aliphatic rings. The number of halogens is 6. The van der Waals surface area contributed by atoms with Gasteiger partial charge in [-0.25, -0.2) is 0 Å². The topological polar surface area (TPSA) is 38.3 Å². The third-order valence-corrected chi connectivity index (χ3v) is 3.03. The Morgan fingerprint density at radius 1 is 1.00 bits per heavy atom. The predicted octanol–water partition coefficient (Wildman–Crippen LogP) is 4.97. The van der Waals surface area contributed by atoms with Gasteiger partial charge in [-0.2, -0.15) is 22.0 Å². The molecule has 0 aromatic heterocycles. The molecule has 0 heterocycles. The average Bonchev–Trinajstić information content (AvgIpc) is 2.48. The lowest BCUT2D eigenvalue weighted by molar-refractivity contribution is -0.187. The highest BCUT2D eigenvalue weighted by molar-refractivity contribution is 6.30. The Hall–Kier alpha value is -2.35. The van der Waals surface area contributed by atoms with Crippen molar-refractivity contribution in [1.29, 1.82) is 0 Å². The minimum Gasteiger partial charge on any atom is -0.425 e. The van der Waals surface area contributed by atoms with Gasteiger partial charge in [-0.15, -0.1) is 0 Å². The van der Waals surface area contributed by atoms with Crippen LogP contribution in [0.1, 0.15) is 5.56 Å². The molecule has 0 saturated heterocycles. The number of benzene rings is 2. The van der Waals surface area contributed by atoms with Gasteiger partial charge in [0.1, 0.15) is 5.75 Å². The first-order valence-corrected chi connectivity index (χ1v) is 6.77. The van der Waals surface area contributed by atoms with E-state index in [-0.39, 0.29) is 5.69 Å². The second-order valence-electron chi connectivity index (χ2n) is 4.61. The van der Waals surface area contributed by atoms with E-state index in [4.69, 9.17) is 11.6 Å². The first-order chi connectivity index (χ1) is 11.1. The number of hydrogen-bond acceptors (Lipinski definition) is 2. The second kappa shape index (κ2) is 6.64. The van der Waals surface area contributed by atoms with Gasteiger partial charge < -0.3 is 10.1 Å². The summed E-state index contributed by atoms with van der Waals surface area (Å²) in [7, 11) is 0. The Bertz CT molecular complexity index is 731. The third-order valence-electron chi connectivity index (χ3n) is 2.77. The van der Waals surface area contributed by atoms with Crippen molar-refractivity contribution in [3.8, 4) is 5.75 Å². The van der Waals surface area contributed by atoms with Crippen molar-refractivity contribution in [3.05, 3.63) is 59.1 Å². The maximum Gasteiger partial charge on any atom is 0.482 e. The van der Waals surface area contributed by atoms with E-state index in [2.05, 4.69) is 4.74 Å². The summed E-state index contributed by atoms with van der Waals surface area (Å²) in [5, 5.41) is 2.21. The predicted molar refractivity (Wildman–Crippen MR) is 77.1 cm³/mol. The molecule has 24 heavy (non-hydrogen) atoms. The molecule has 0 atom stereocenters. The van der Waals surface area contributed by atoms with Crippen molar-refractivity contribution in [2.45, 2.75) is 12.3 Å². The molecule has 0 radical (unpaired) electrons. The first-order valence-electron chi connectivity index (χ1n) is 6.39. The first kappa shape index (κ1) is 18.0. The van der Waals surface area contributed by atoms with Gasteiger partial charge in [0, 0.05) is 10.7 Å². The van der Waals surface area contributed by atoms with Crippen LogP contribution in [-0.4, -0.2) is 12.0 Å². The van der Waals surface area contributed by atoms with Crippen LogP contribution >= 0.6 is 11.6 Å². The summed E-state index contributed by atoms with van der Waals surface area (Å²) >= 11 is 5.62. The van der Waals surface area contributed by atoms with E-state index in [1.54, 1.807) is 0 Å². The van der Waals surface area contributed by atoms with Gasteiger partial charge in [0.2, 0.25) is 0 Å². The van der Waals surface area contributed by atoms with Crippen molar-refractivity contribution >= 4 is 23.2 Å². The Balaban J connectivity index is 2.12. The van der Waals surface area contributed by atoms with Crippen LogP contribution in [0, 0.1) is 0 Å². The SMILES string of the molecule is O=C(Nc1ccc(Cl)cc1)C(F)(F)Oc1cccc(C(F)(F)F)c1. The van der Waals surface area contributed by atoms with Crippen LogP contribution in [0.15, 0.2) is 48.5 Å². The van der Waals surface area contributed by atoms with Gasteiger partial charge in [-0.1, -0.05) is 17.7 Å². The molecule has 128 valence electrons. The van der Waals surface area contributed by atoms with Gasteiger partial charge in [0.25, 0.3) is 0 Å². The zero-order valence-electron chi connectivity index (χ0n) is 11.7. The van der Waals surface area contributed by atoms with Crippen molar-refractivity contribution in [3.63, 3.8) is 0 Å². The van der Waals surface area contributed by atoms with Crippen molar-refractivity contribution in [1.82, 2.24) is 0 Å². The molecule has 1 N–H and O–H groups in total. The lowest BCUT2D eigenvalue weighted by atomic mass is 10.2. The summed E-state index contributed by atoms with van der Waals surface area (Å²) in [5.41, 5.74) is -1.15. The number of anilines is 1. The zero-order chi connectivity index (χ0) is 18.0. The van der Waals surface area contributed by atoms with E-state index in [9.17, 15) is 26.7 Å². The summed E-state index contributed by atoms with van der Waals surface area (Å²) in [6, 6.07) is 8.14. The molecule has 9 heteroatoms. The van der Waals surface area contributed by atoms with Gasteiger partial charge in [-0.05, 0) is 42.5 Å². The van der Waals surface area contributed by atoms with E-state index in [0.717, 1.165) is 12.1 Å². The molecule has 2 aromatic rings. The molecule has 0 spiro atoms. The molecular formula is C15H9ClF5NO2. The van der Waals surface area contributed by atoms with Gasteiger partial charge >= 0.3 is 18.2 Å². The Morgan fingerprint density at radius 3 is 2.21 bits per heavy atom. The minimum atomic E-state index is -4.72. The molecule has 0 unspecified atom stereocenters. The zero-order valence-corrected chi connectivity index (χ0v) is 12.5. The largest absolute Gasteiger partial charge is 0.482 e. The van der Waals surface area contributed by atoms with Gasteiger partial charge in [0.05, 0.1) is 5.56 Å². The highest BCUT2D eigenvalue weighted by atomic mass is 35.5. The van der Waals surface area contributed by atoms with Crippen LogP contribution in [-0.2, 0) is 11.0 Å². The van der Waals surface area contributed by atoms with Crippen molar-refractivity contribution in [2.75, 3.05) is 5.32 Å². The normalized spacial score (nSPS) is 11.9.